The van der Waals surface area contributed by atoms with Crippen LogP contribution in [-0.2, 0) is 0 Å². The van der Waals surface area contributed by atoms with Crippen LogP contribution in [0.4, 0.5) is 0 Å². The highest BCUT2D eigenvalue weighted by atomic mass is 16.2. The molecule has 0 aliphatic rings. The van der Waals surface area contributed by atoms with Crippen molar-refractivity contribution in [3.8, 4) is 0 Å². The molecule has 2 N–H and O–H groups in total. The Hall–Kier alpha value is -1.84. The molecule has 110 valence electrons. The summed E-state index contributed by atoms with van der Waals surface area (Å²) < 4.78 is 0. The van der Waals surface area contributed by atoms with Crippen LogP contribution in [0.1, 0.15) is 54.3 Å². The van der Waals surface area contributed by atoms with Crippen LogP contribution in [0.2, 0.25) is 0 Å². The van der Waals surface area contributed by atoms with Gasteiger partial charge in [-0.1, -0.05) is 20.8 Å². The molecule has 0 saturated heterocycles. The number of amides is 2. The second kappa shape index (κ2) is 8.35. The highest BCUT2D eigenvalue weighted by Gasteiger charge is 2.08. The molecule has 4 heteroatoms. The van der Waals surface area contributed by atoms with Gasteiger partial charge in [0, 0.05) is 24.2 Å². The maximum absolute atomic E-state index is 11.9. The van der Waals surface area contributed by atoms with Crippen LogP contribution in [0.25, 0.3) is 0 Å². The van der Waals surface area contributed by atoms with Crippen molar-refractivity contribution in [1.29, 1.82) is 0 Å². The average molecular weight is 276 g/mol. The van der Waals surface area contributed by atoms with E-state index in [9.17, 15) is 9.59 Å². The normalized spacial score (nSPS) is 10.4. The van der Waals surface area contributed by atoms with Gasteiger partial charge in [-0.05, 0) is 43.0 Å². The van der Waals surface area contributed by atoms with Gasteiger partial charge in [0.25, 0.3) is 11.8 Å². The molecule has 0 aliphatic carbocycles. The molecule has 1 aromatic rings. The lowest BCUT2D eigenvalue weighted by Gasteiger charge is -2.08. The van der Waals surface area contributed by atoms with Gasteiger partial charge in [-0.2, -0.15) is 0 Å². The summed E-state index contributed by atoms with van der Waals surface area (Å²) in [4.78, 5) is 23.6. The zero-order chi connectivity index (χ0) is 15.0. The van der Waals surface area contributed by atoms with Crippen LogP contribution in [0.5, 0.6) is 0 Å². The smallest absolute Gasteiger partial charge is 0.251 e. The van der Waals surface area contributed by atoms with E-state index in [-0.39, 0.29) is 11.8 Å². The number of hydrogen-bond acceptors (Lipinski definition) is 2. The molecule has 0 fully saturated rings. The molecule has 1 rings (SSSR count). The zero-order valence-electron chi connectivity index (χ0n) is 12.5. The minimum absolute atomic E-state index is 0.0915. The number of hydrogen-bond donors (Lipinski definition) is 2. The monoisotopic (exact) mass is 276 g/mol. The van der Waals surface area contributed by atoms with Gasteiger partial charge in [0.15, 0.2) is 0 Å². The summed E-state index contributed by atoms with van der Waals surface area (Å²) in [6.45, 7) is 7.59. The summed E-state index contributed by atoms with van der Waals surface area (Å²) in [7, 11) is 0. The minimum atomic E-state index is -0.0985. The van der Waals surface area contributed by atoms with Crippen molar-refractivity contribution < 1.29 is 9.59 Å². The van der Waals surface area contributed by atoms with E-state index in [4.69, 9.17) is 0 Å². The highest BCUT2D eigenvalue weighted by molar-refractivity contribution is 5.97. The van der Waals surface area contributed by atoms with Crippen LogP contribution in [0.3, 0.4) is 0 Å². The van der Waals surface area contributed by atoms with Crippen LogP contribution < -0.4 is 10.6 Å². The average Bonchev–Trinajstić information content (AvgIpc) is 2.44. The van der Waals surface area contributed by atoms with Gasteiger partial charge in [0.1, 0.15) is 0 Å². The number of rotatable bonds is 7. The van der Waals surface area contributed by atoms with Gasteiger partial charge >= 0.3 is 0 Å². The predicted octanol–water partition coefficient (Wildman–Crippen LogP) is 2.60. The first kappa shape index (κ1) is 16.2. The Morgan fingerprint density at radius 3 is 1.80 bits per heavy atom. The molecule has 0 radical (unpaired) electrons. The molecular weight excluding hydrogens is 252 g/mol. The fourth-order valence-electron chi connectivity index (χ4n) is 1.69. The Bertz CT molecular complexity index is 438. The van der Waals surface area contributed by atoms with Gasteiger partial charge in [-0.25, -0.2) is 0 Å². The van der Waals surface area contributed by atoms with E-state index in [2.05, 4.69) is 24.5 Å². The molecule has 0 spiro atoms. The molecule has 0 aromatic heterocycles. The Balaban J connectivity index is 2.53. The third kappa shape index (κ3) is 5.43. The Kier molecular flexibility index (Phi) is 6.77. The first-order valence-corrected chi connectivity index (χ1v) is 7.21. The summed E-state index contributed by atoms with van der Waals surface area (Å²) >= 11 is 0. The molecule has 0 atom stereocenters. The third-order valence-electron chi connectivity index (χ3n) is 2.95. The van der Waals surface area contributed by atoms with E-state index in [0.717, 1.165) is 12.8 Å². The lowest BCUT2D eigenvalue weighted by Crippen LogP contribution is -2.26. The predicted molar refractivity (Wildman–Crippen MR) is 80.9 cm³/mol. The number of carbonyl (C=O) groups is 2. The molecule has 20 heavy (non-hydrogen) atoms. The standard InChI is InChI=1S/C16H24N2O2/c1-4-10-17-15(19)13-5-7-14(8-6-13)16(20)18-11-9-12(2)3/h5-8,12H,4,9-11H2,1-3H3,(H,17,19)(H,18,20). The highest BCUT2D eigenvalue weighted by Crippen LogP contribution is 2.05. The topological polar surface area (TPSA) is 58.2 Å². The maximum atomic E-state index is 11.9. The lowest BCUT2D eigenvalue weighted by atomic mass is 10.1. The van der Waals surface area contributed by atoms with Gasteiger partial charge in [-0.3, -0.25) is 9.59 Å². The van der Waals surface area contributed by atoms with E-state index in [1.54, 1.807) is 24.3 Å². The van der Waals surface area contributed by atoms with Crippen molar-refractivity contribution in [1.82, 2.24) is 10.6 Å². The summed E-state index contributed by atoms with van der Waals surface area (Å²) in [5, 5.41) is 5.68. The van der Waals surface area contributed by atoms with E-state index >= 15 is 0 Å². The fraction of sp³-hybridized carbons (Fsp3) is 0.500. The van der Waals surface area contributed by atoms with Crippen LogP contribution in [-0.4, -0.2) is 24.9 Å². The minimum Gasteiger partial charge on any atom is -0.352 e. The summed E-state index contributed by atoms with van der Waals surface area (Å²) in [6, 6.07) is 6.74. The quantitative estimate of drug-likeness (QED) is 0.804. The van der Waals surface area contributed by atoms with Gasteiger partial charge < -0.3 is 10.6 Å². The zero-order valence-corrected chi connectivity index (χ0v) is 12.5. The molecule has 2 amide bonds. The summed E-state index contributed by atoms with van der Waals surface area (Å²) in [5.41, 5.74) is 1.16. The SMILES string of the molecule is CCCNC(=O)c1ccc(C(=O)NCCC(C)C)cc1. The Morgan fingerprint density at radius 1 is 0.950 bits per heavy atom. The van der Waals surface area contributed by atoms with E-state index in [1.807, 2.05) is 6.92 Å². The second-order valence-electron chi connectivity index (χ2n) is 5.27. The summed E-state index contributed by atoms with van der Waals surface area (Å²) in [5.74, 6) is 0.379. The first-order valence-electron chi connectivity index (χ1n) is 7.21. The number of carbonyl (C=O) groups excluding carboxylic acids is 2. The first-order chi connectivity index (χ1) is 9.54. The Morgan fingerprint density at radius 2 is 1.40 bits per heavy atom. The molecule has 1 aromatic carbocycles. The summed E-state index contributed by atoms with van der Waals surface area (Å²) in [6.07, 6.45) is 1.87. The van der Waals surface area contributed by atoms with Crippen molar-refractivity contribution in [3.05, 3.63) is 35.4 Å². The Labute approximate surface area is 121 Å². The van der Waals surface area contributed by atoms with Crippen LogP contribution >= 0.6 is 0 Å². The molecule has 0 unspecified atom stereocenters. The van der Waals surface area contributed by atoms with Crippen molar-refractivity contribution in [2.24, 2.45) is 5.92 Å². The van der Waals surface area contributed by atoms with Crippen LogP contribution in [0.15, 0.2) is 24.3 Å². The molecule has 0 heterocycles. The second-order valence-corrected chi connectivity index (χ2v) is 5.27. The molecular formula is C16H24N2O2. The number of nitrogens with one attached hydrogen (secondary N) is 2. The molecule has 0 saturated carbocycles. The van der Waals surface area contributed by atoms with E-state index < -0.39 is 0 Å². The fourth-order valence-corrected chi connectivity index (χ4v) is 1.69. The number of benzene rings is 1. The van der Waals surface area contributed by atoms with Crippen molar-refractivity contribution in [2.75, 3.05) is 13.1 Å². The third-order valence-corrected chi connectivity index (χ3v) is 2.95. The van der Waals surface area contributed by atoms with Crippen molar-refractivity contribution >= 4 is 11.8 Å². The molecule has 4 nitrogen and oxygen atoms in total. The van der Waals surface area contributed by atoms with Crippen molar-refractivity contribution in [2.45, 2.75) is 33.6 Å². The van der Waals surface area contributed by atoms with Gasteiger partial charge in [0.05, 0.1) is 0 Å². The van der Waals surface area contributed by atoms with E-state index in [1.165, 1.54) is 0 Å². The molecule has 0 aliphatic heterocycles. The largest absolute Gasteiger partial charge is 0.352 e. The van der Waals surface area contributed by atoms with Gasteiger partial charge in [0.2, 0.25) is 0 Å². The lowest BCUT2D eigenvalue weighted by molar-refractivity contribution is 0.0941. The molecule has 0 bridgehead atoms. The van der Waals surface area contributed by atoms with E-state index in [0.29, 0.717) is 30.1 Å². The maximum Gasteiger partial charge on any atom is 0.251 e. The van der Waals surface area contributed by atoms with Gasteiger partial charge in [-0.15, -0.1) is 0 Å². The van der Waals surface area contributed by atoms with Crippen LogP contribution in [0, 0.1) is 5.92 Å². The van der Waals surface area contributed by atoms with Crippen molar-refractivity contribution in [3.63, 3.8) is 0 Å².